The third-order valence-corrected chi connectivity index (χ3v) is 4.23. The Kier molecular flexibility index (Phi) is 5.88. The molecule has 1 aliphatic rings. The highest BCUT2D eigenvalue weighted by molar-refractivity contribution is 5.96. The summed E-state index contributed by atoms with van der Waals surface area (Å²) in [5, 5.41) is 25.5. The van der Waals surface area contributed by atoms with E-state index < -0.39 is 21.3 Å². The highest BCUT2D eigenvalue weighted by atomic mass is 35.7. The zero-order valence-corrected chi connectivity index (χ0v) is 14.7. The molecule has 0 amide bonds. The number of hydrogen-bond acceptors (Lipinski definition) is 7. The number of rotatable bonds is 2. The molecule has 1 heterocycles. The fourth-order valence-corrected chi connectivity index (χ4v) is 2.15. The lowest BCUT2D eigenvalue weighted by atomic mass is 9.84. The summed E-state index contributed by atoms with van der Waals surface area (Å²) in [6, 6.07) is 6.69. The molecule has 25 heavy (non-hydrogen) atoms. The average molecular weight is 376 g/mol. The maximum absolute atomic E-state index is 12.5. The molecule has 11 nitrogen and oxygen atoms in total. The fraction of sp³-hybridized carbons (Fsp3) is 0.462. The van der Waals surface area contributed by atoms with Gasteiger partial charge in [-0.25, -0.2) is 23.8 Å². The molecule has 0 bridgehead atoms. The van der Waals surface area contributed by atoms with Crippen LogP contribution in [0.2, 0.25) is 0 Å². The van der Waals surface area contributed by atoms with Crippen molar-refractivity contribution < 1.29 is 38.8 Å². The van der Waals surface area contributed by atoms with Gasteiger partial charge in [0.05, 0.1) is 5.56 Å². The molecule has 0 fully saturated rings. The predicted molar refractivity (Wildman–Crippen MR) is 76.6 cm³/mol. The average Bonchev–Trinajstić information content (AvgIpc) is 2.56. The molecular weight excluding hydrogens is 358 g/mol. The molecule has 0 saturated carbocycles. The highest BCUT2D eigenvalue weighted by Gasteiger charge is 2.61. The van der Waals surface area contributed by atoms with Crippen LogP contribution >= 0.6 is 0 Å². The number of nitrogens with zero attached hydrogens (tertiary/aromatic N) is 5. The van der Waals surface area contributed by atoms with Crippen molar-refractivity contribution in [2.75, 3.05) is 0 Å². The minimum atomic E-state index is -4.94. The topological polar surface area (TPSA) is 193 Å². The van der Waals surface area contributed by atoms with E-state index in [0.717, 1.165) is 4.74 Å². The quantitative estimate of drug-likeness (QED) is 0.138. The van der Waals surface area contributed by atoms with Crippen molar-refractivity contribution in [3.63, 3.8) is 0 Å². The van der Waals surface area contributed by atoms with Gasteiger partial charge in [0.15, 0.2) is 5.54 Å². The second-order valence-corrected chi connectivity index (χ2v) is 6.95. The number of amidine groups is 1. The Morgan fingerprint density at radius 2 is 1.72 bits per heavy atom. The minimum absolute atomic E-state index is 0.259. The van der Waals surface area contributed by atoms with Gasteiger partial charge in [0.25, 0.3) is 0 Å². The number of benzene rings is 1. The summed E-state index contributed by atoms with van der Waals surface area (Å²) in [5.74, 6) is 0.259. The molecule has 0 aromatic heterocycles. The van der Waals surface area contributed by atoms with Crippen molar-refractivity contribution in [1.29, 1.82) is 0 Å². The largest absolute Gasteiger partial charge is 0.714 e. The van der Waals surface area contributed by atoms with E-state index in [-0.39, 0.29) is 5.84 Å². The van der Waals surface area contributed by atoms with Crippen molar-refractivity contribution in [2.24, 2.45) is 5.11 Å². The third kappa shape index (κ3) is 4.50. The van der Waals surface area contributed by atoms with Crippen LogP contribution in [0.15, 0.2) is 29.4 Å². The van der Waals surface area contributed by atoms with Gasteiger partial charge in [-0.05, 0) is 50.4 Å². The number of azide groups is 1. The van der Waals surface area contributed by atoms with Gasteiger partial charge in [-0.1, -0.05) is 17.2 Å². The Hall–Kier alpha value is -2.11. The molecule has 0 saturated heterocycles. The Bertz CT molecular complexity index is 718. The lowest BCUT2D eigenvalue weighted by Crippen LogP contribution is -2.68. The Labute approximate surface area is 145 Å². The molecule has 2 N–H and O–H groups in total. The Morgan fingerprint density at radius 1 is 1.20 bits per heavy atom. The molecule has 1 aromatic carbocycles. The maximum Gasteiger partial charge on any atom is 0.352 e. The zero-order valence-electron chi connectivity index (χ0n) is 14.0. The summed E-state index contributed by atoms with van der Waals surface area (Å²) in [5.41, 5.74) is 8.09. The summed E-state index contributed by atoms with van der Waals surface area (Å²) in [4.78, 5) is 2.73. The first kappa shape index (κ1) is 20.9. The first-order valence-electron chi connectivity index (χ1n) is 6.86. The number of halogens is 1. The van der Waals surface area contributed by atoms with Gasteiger partial charge in [0.1, 0.15) is 0 Å². The molecular formula is C13H18ClN5O6. The Morgan fingerprint density at radius 3 is 2.12 bits per heavy atom. The molecule has 138 valence electrons. The molecule has 0 atom stereocenters. The van der Waals surface area contributed by atoms with Gasteiger partial charge in [-0.15, -0.1) is 10.2 Å². The van der Waals surface area contributed by atoms with Crippen LogP contribution in [-0.2, 0) is 0 Å². The van der Waals surface area contributed by atoms with E-state index in [1.54, 1.807) is 24.3 Å². The highest BCUT2D eigenvalue weighted by Crippen LogP contribution is 2.37. The first-order chi connectivity index (χ1) is 11.2. The lowest BCUT2D eigenvalue weighted by Gasteiger charge is -2.31. The van der Waals surface area contributed by atoms with E-state index in [0.29, 0.717) is 11.3 Å². The van der Waals surface area contributed by atoms with Gasteiger partial charge >= 0.3 is 5.84 Å². The summed E-state index contributed by atoms with van der Waals surface area (Å²) >= 11 is 0. The van der Waals surface area contributed by atoms with E-state index in [9.17, 15) is 5.21 Å². The molecule has 0 unspecified atom stereocenters. The van der Waals surface area contributed by atoms with Crippen molar-refractivity contribution in [3.8, 4) is 0 Å². The minimum Gasteiger partial charge on any atom is -0.714 e. The van der Waals surface area contributed by atoms with E-state index in [1.165, 1.54) is 5.06 Å². The standard InChI is InChI=1S/C13H17N5O2.ClHO4/c1-12(2)13(3,4)18(20)11(17(12)19)9-6-5-7-10(8-9)15-16-14;2-1(3,4)5/h5-8,19H,1-4H3;(H,2,3,4,5). The molecule has 0 aliphatic carbocycles. The summed E-state index contributed by atoms with van der Waals surface area (Å²) < 4.78 is 34.8. The fourth-order valence-electron chi connectivity index (χ4n) is 2.15. The van der Waals surface area contributed by atoms with E-state index in [1.807, 2.05) is 27.7 Å². The third-order valence-electron chi connectivity index (χ3n) is 4.23. The summed E-state index contributed by atoms with van der Waals surface area (Å²) in [6.45, 7) is 7.34. The van der Waals surface area contributed by atoms with E-state index >= 15 is 0 Å². The SMILES string of the molecule is CC1(C)N([OH2+])C(c2cccc(N=[N+]=[N-])c2)=[N+]([O-])C1(C)C.[O-][Cl+3]([O-])([O-])[O-]. The molecule has 0 radical (unpaired) electrons. The van der Waals surface area contributed by atoms with Crippen LogP contribution < -0.4 is 18.6 Å². The molecule has 1 aromatic rings. The van der Waals surface area contributed by atoms with Gasteiger partial charge in [0.2, 0.25) is 5.54 Å². The predicted octanol–water partition coefficient (Wildman–Crippen LogP) is -2.36. The second kappa shape index (κ2) is 7.02. The van der Waals surface area contributed by atoms with Gasteiger partial charge in [-0.3, -0.25) is 4.74 Å². The van der Waals surface area contributed by atoms with E-state index in [4.69, 9.17) is 29.4 Å². The number of hydrogen-bond donors (Lipinski definition) is 0. The van der Waals surface area contributed by atoms with Crippen LogP contribution in [0.3, 0.4) is 0 Å². The smallest absolute Gasteiger partial charge is 0.352 e. The first-order valence-corrected chi connectivity index (χ1v) is 8.10. The van der Waals surface area contributed by atoms with Crippen LogP contribution in [0.25, 0.3) is 10.4 Å². The Balaban J connectivity index is 0.000000550. The van der Waals surface area contributed by atoms with Crippen LogP contribution in [0.5, 0.6) is 0 Å². The van der Waals surface area contributed by atoms with Crippen molar-refractivity contribution in [1.82, 2.24) is 5.06 Å². The normalized spacial score (nSPS) is 18.4. The van der Waals surface area contributed by atoms with E-state index in [2.05, 4.69) is 10.0 Å². The van der Waals surface area contributed by atoms with Crippen molar-refractivity contribution in [3.05, 3.63) is 45.5 Å². The van der Waals surface area contributed by atoms with Crippen molar-refractivity contribution in [2.45, 2.75) is 38.8 Å². The lowest BCUT2D eigenvalue weighted by molar-refractivity contribution is -2.00. The second-order valence-electron chi connectivity index (χ2n) is 6.19. The van der Waals surface area contributed by atoms with Gasteiger partial charge < -0.3 is 5.21 Å². The summed E-state index contributed by atoms with van der Waals surface area (Å²) in [7, 11) is -4.94. The summed E-state index contributed by atoms with van der Waals surface area (Å²) in [6.07, 6.45) is 0. The molecule has 12 heteroatoms. The molecule has 0 spiro atoms. The van der Waals surface area contributed by atoms with Crippen LogP contribution in [0.1, 0.15) is 33.3 Å². The van der Waals surface area contributed by atoms with Gasteiger partial charge in [-0.2, -0.15) is 0 Å². The van der Waals surface area contributed by atoms with Crippen LogP contribution in [0.4, 0.5) is 5.69 Å². The number of hydroxylamine groups is 3. The maximum atomic E-state index is 12.5. The zero-order chi connectivity index (χ0) is 19.6. The van der Waals surface area contributed by atoms with Crippen LogP contribution in [-0.4, -0.2) is 31.9 Å². The molecule has 2 rings (SSSR count). The van der Waals surface area contributed by atoms with Gasteiger partial charge in [0, 0.05) is 10.6 Å². The molecule has 1 aliphatic heterocycles. The van der Waals surface area contributed by atoms with Crippen molar-refractivity contribution >= 4 is 11.5 Å². The van der Waals surface area contributed by atoms with Crippen LogP contribution in [0, 0.1) is 15.5 Å². The monoisotopic (exact) mass is 375 g/mol.